The summed E-state index contributed by atoms with van der Waals surface area (Å²) in [7, 11) is -4.22. The number of rotatable bonds is 1. The third kappa shape index (κ3) is 2.56. The van der Waals surface area contributed by atoms with Gasteiger partial charge in [-0.25, -0.2) is 0 Å². The molecule has 0 aliphatic rings. The van der Waals surface area contributed by atoms with Crippen molar-refractivity contribution < 1.29 is 18.1 Å². The minimum Gasteiger partial charge on any atom is -0.507 e. The molecule has 2 N–H and O–H groups in total. The van der Waals surface area contributed by atoms with Gasteiger partial charge in [0.2, 0.25) is 0 Å². The van der Waals surface area contributed by atoms with Gasteiger partial charge in [-0.3, -0.25) is 4.55 Å². The molecule has 0 aromatic heterocycles. The van der Waals surface area contributed by atoms with E-state index in [2.05, 4.69) is 0 Å². The van der Waals surface area contributed by atoms with Crippen LogP contribution < -0.4 is 0 Å². The zero-order chi connectivity index (χ0) is 11.1. The quantitative estimate of drug-likeness (QED) is 0.590. The summed E-state index contributed by atoms with van der Waals surface area (Å²) in [4.78, 5) is -0.225. The molecule has 1 radical (unpaired) electrons. The summed E-state index contributed by atoms with van der Waals surface area (Å²) in [5.74, 6) is -0.0157. The standard InChI is InChI=1S/C10H8O4S.Na/c11-10-3-1-2-7-4-5-8(6-9(7)10)15(12,13)14;/h1-6,11H,(H,12,13,14);. The molecule has 0 saturated heterocycles. The summed E-state index contributed by atoms with van der Waals surface area (Å²) < 4.78 is 30.6. The first-order valence-corrected chi connectivity index (χ1v) is 5.62. The predicted octanol–water partition coefficient (Wildman–Crippen LogP) is 1.41. The Labute approximate surface area is 115 Å². The van der Waals surface area contributed by atoms with E-state index in [0.29, 0.717) is 10.8 Å². The molecule has 0 aliphatic carbocycles. The fraction of sp³-hybridized carbons (Fsp3) is 0. The van der Waals surface area contributed by atoms with Crippen LogP contribution >= 0.6 is 0 Å². The summed E-state index contributed by atoms with van der Waals surface area (Å²) in [6.07, 6.45) is 0. The maximum absolute atomic E-state index is 10.9. The van der Waals surface area contributed by atoms with E-state index in [0.717, 1.165) is 0 Å². The molecule has 79 valence electrons. The van der Waals surface area contributed by atoms with Gasteiger partial charge >= 0.3 is 0 Å². The van der Waals surface area contributed by atoms with Gasteiger partial charge in [0.15, 0.2) is 0 Å². The Morgan fingerprint density at radius 1 is 1.06 bits per heavy atom. The van der Waals surface area contributed by atoms with Crippen LogP contribution in [0.25, 0.3) is 10.8 Å². The van der Waals surface area contributed by atoms with E-state index >= 15 is 0 Å². The second-order valence-corrected chi connectivity index (χ2v) is 4.56. The molecule has 2 aromatic rings. The molecule has 0 atom stereocenters. The molecule has 2 aromatic carbocycles. The number of aromatic hydroxyl groups is 1. The molecular weight excluding hydrogens is 239 g/mol. The van der Waals surface area contributed by atoms with Crippen LogP contribution in [0.2, 0.25) is 0 Å². The van der Waals surface area contributed by atoms with Gasteiger partial charge in [-0.15, -0.1) is 0 Å². The Balaban J connectivity index is 0.00000128. The molecule has 0 bridgehead atoms. The first-order valence-electron chi connectivity index (χ1n) is 4.18. The molecule has 0 amide bonds. The van der Waals surface area contributed by atoms with E-state index in [4.69, 9.17) is 4.55 Å². The predicted molar refractivity (Wildman–Crippen MR) is 61.2 cm³/mol. The van der Waals surface area contributed by atoms with E-state index in [1.807, 2.05) is 0 Å². The zero-order valence-electron chi connectivity index (χ0n) is 8.58. The zero-order valence-corrected chi connectivity index (χ0v) is 11.4. The fourth-order valence-corrected chi connectivity index (χ4v) is 1.90. The minimum absolute atomic E-state index is 0. The van der Waals surface area contributed by atoms with E-state index in [1.54, 1.807) is 12.1 Å². The van der Waals surface area contributed by atoms with Gasteiger partial charge in [0.1, 0.15) is 5.75 Å². The summed E-state index contributed by atoms with van der Waals surface area (Å²) in [6.45, 7) is 0. The van der Waals surface area contributed by atoms with E-state index < -0.39 is 10.1 Å². The minimum atomic E-state index is -4.22. The summed E-state index contributed by atoms with van der Waals surface area (Å²) in [6, 6.07) is 8.90. The van der Waals surface area contributed by atoms with Gasteiger partial charge in [0.05, 0.1) is 4.90 Å². The van der Waals surface area contributed by atoms with Crippen molar-refractivity contribution in [3.05, 3.63) is 36.4 Å². The number of phenols is 1. The van der Waals surface area contributed by atoms with Crippen LogP contribution in [0.3, 0.4) is 0 Å². The van der Waals surface area contributed by atoms with Crippen molar-refractivity contribution in [2.24, 2.45) is 0 Å². The molecular formula is C10H8NaO4S. The molecule has 4 nitrogen and oxygen atoms in total. The fourth-order valence-electron chi connectivity index (χ4n) is 1.40. The number of benzene rings is 2. The van der Waals surface area contributed by atoms with Crippen molar-refractivity contribution >= 4 is 50.4 Å². The third-order valence-corrected chi connectivity index (χ3v) is 2.98. The largest absolute Gasteiger partial charge is 0.507 e. The van der Waals surface area contributed by atoms with E-state index in [9.17, 15) is 13.5 Å². The number of fused-ring (bicyclic) bond motifs is 1. The number of phenolic OH excluding ortho intramolecular Hbond substituents is 1. The van der Waals surface area contributed by atoms with Crippen LogP contribution in [0, 0.1) is 0 Å². The Kier molecular flexibility index (Phi) is 3.98. The first-order chi connectivity index (χ1) is 6.98. The van der Waals surface area contributed by atoms with Crippen LogP contribution in [-0.2, 0) is 10.1 Å². The third-order valence-electron chi connectivity index (χ3n) is 2.13. The van der Waals surface area contributed by atoms with Crippen LogP contribution in [0.4, 0.5) is 0 Å². The summed E-state index contributed by atoms with van der Waals surface area (Å²) in [5.41, 5.74) is 0. The molecule has 2 rings (SSSR count). The molecule has 16 heavy (non-hydrogen) atoms. The Hall–Kier alpha value is -0.590. The monoisotopic (exact) mass is 247 g/mol. The second kappa shape index (κ2) is 4.73. The van der Waals surface area contributed by atoms with Crippen molar-refractivity contribution in [2.45, 2.75) is 4.90 Å². The molecule has 0 saturated carbocycles. The van der Waals surface area contributed by atoms with Crippen molar-refractivity contribution in [1.82, 2.24) is 0 Å². The van der Waals surface area contributed by atoms with Gasteiger partial charge in [0, 0.05) is 34.9 Å². The van der Waals surface area contributed by atoms with Crippen molar-refractivity contribution in [3.63, 3.8) is 0 Å². The van der Waals surface area contributed by atoms with Gasteiger partial charge in [-0.1, -0.05) is 18.2 Å². The SMILES string of the molecule is O=S(=O)(O)c1ccc2cccc(O)c2c1.[Na]. The summed E-state index contributed by atoms with van der Waals surface area (Å²) in [5, 5.41) is 10.6. The average Bonchev–Trinajstić information content (AvgIpc) is 2.16. The molecule has 0 unspecified atom stereocenters. The Morgan fingerprint density at radius 3 is 2.38 bits per heavy atom. The molecule has 0 heterocycles. The molecule has 6 heteroatoms. The maximum Gasteiger partial charge on any atom is 0.294 e. The topological polar surface area (TPSA) is 74.6 Å². The van der Waals surface area contributed by atoms with Crippen LogP contribution in [0.5, 0.6) is 5.75 Å². The number of hydrogen-bond acceptors (Lipinski definition) is 3. The Morgan fingerprint density at radius 2 is 1.75 bits per heavy atom. The van der Waals surface area contributed by atoms with Gasteiger partial charge in [-0.2, -0.15) is 8.42 Å². The van der Waals surface area contributed by atoms with Gasteiger partial charge in [0.25, 0.3) is 10.1 Å². The van der Waals surface area contributed by atoms with Crippen LogP contribution in [0.1, 0.15) is 0 Å². The number of hydrogen-bond donors (Lipinski definition) is 2. The molecule has 0 fully saturated rings. The van der Waals surface area contributed by atoms with E-state index in [1.165, 1.54) is 24.3 Å². The van der Waals surface area contributed by atoms with Crippen LogP contribution in [-0.4, -0.2) is 47.6 Å². The van der Waals surface area contributed by atoms with Crippen molar-refractivity contribution in [2.75, 3.05) is 0 Å². The molecule has 0 aliphatic heterocycles. The first kappa shape index (κ1) is 13.5. The normalized spacial score (nSPS) is 11.1. The Bertz CT molecular complexity index is 622. The van der Waals surface area contributed by atoms with E-state index in [-0.39, 0.29) is 40.2 Å². The smallest absolute Gasteiger partial charge is 0.294 e. The van der Waals surface area contributed by atoms with Gasteiger partial charge < -0.3 is 5.11 Å². The van der Waals surface area contributed by atoms with Crippen LogP contribution in [0.15, 0.2) is 41.3 Å². The summed E-state index contributed by atoms with van der Waals surface area (Å²) >= 11 is 0. The van der Waals surface area contributed by atoms with Crippen molar-refractivity contribution in [3.8, 4) is 5.75 Å². The second-order valence-electron chi connectivity index (χ2n) is 3.14. The average molecular weight is 247 g/mol. The molecule has 0 spiro atoms. The maximum atomic E-state index is 10.9. The van der Waals surface area contributed by atoms with Crippen molar-refractivity contribution in [1.29, 1.82) is 0 Å². The van der Waals surface area contributed by atoms with Gasteiger partial charge in [-0.05, 0) is 23.6 Å².